The number of allylic oxidation sites excluding steroid dienone is 2. The molecular weight excluding hydrogens is 1230 g/mol. The largest absolute Gasteiger partial charge is 0.492 e. The first kappa shape index (κ1) is 73.8. The average Bonchev–Trinajstić information content (AvgIpc) is 1.61. The van der Waals surface area contributed by atoms with Crippen LogP contribution in [0.1, 0.15) is 201 Å². The Morgan fingerprint density at radius 1 is 0.457 bits per heavy atom. The minimum absolute atomic E-state index is 0.0366. The van der Waals surface area contributed by atoms with Gasteiger partial charge in [0.25, 0.3) is 0 Å². The molecule has 1 unspecified atom stereocenters. The Morgan fingerprint density at radius 2 is 0.728 bits per heavy atom. The third-order valence-corrected chi connectivity index (χ3v) is 20.3. The van der Waals surface area contributed by atoms with Crippen molar-refractivity contribution in [1.82, 2.24) is 0 Å². The van der Waals surface area contributed by atoms with Crippen LogP contribution in [-0.2, 0) is 79.9 Å². The zero-order valence-electron chi connectivity index (χ0n) is 52.0. The van der Waals surface area contributed by atoms with Gasteiger partial charge in [0.05, 0.1) is 48.7 Å². The van der Waals surface area contributed by atoms with Crippen molar-refractivity contribution in [2.45, 2.75) is 203 Å². The van der Waals surface area contributed by atoms with Crippen molar-refractivity contribution in [3.8, 4) is 23.0 Å². The van der Waals surface area contributed by atoms with Gasteiger partial charge in [-0.1, -0.05) is 75.9 Å². The van der Waals surface area contributed by atoms with Crippen molar-refractivity contribution in [3.63, 3.8) is 0 Å². The van der Waals surface area contributed by atoms with Gasteiger partial charge in [-0.3, -0.25) is 4.79 Å². The van der Waals surface area contributed by atoms with E-state index in [1.807, 2.05) is 0 Å². The zero-order chi connectivity index (χ0) is 68.1. The monoisotopic (exact) mass is 1310 g/mol. The van der Waals surface area contributed by atoms with E-state index in [2.05, 4.69) is 34.6 Å². The van der Waals surface area contributed by atoms with E-state index in [4.69, 9.17) is 47.7 Å². The van der Waals surface area contributed by atoms with Gasteiger partial charge in [0.2, 0.25) is 0 Å². The van der Waals surface area contributed by atoms with Crippen LogP contribution in [0.15, 0.2) is 83.9 Å². The second-order valence-electron chi connectivity index (χ2n) is 25.2. The standard InChI is InChI=1S/C18H23F3O.C18H21F3O.C16H19F3O.C14H13F3O2.3CO2/c2*1-3-12(2)13-6-8-17(9-7-13)11-22-16-10-14(18(19,20)21)4-5-15(16)17;1-2-11-5-7-15(8-6-11)10-20-14-9-12(16(17,18)19)3-4-13(14)15;15-14(16,17)9-1-2-11-12(7-9)19-8-13(11)5-3-10(18)4-6-13;3*2-1-3/h4-5,10,12-13H,3,6-9,11H2,1-2H3;4-5,10H,3,6-9,11H2,1-2H3;3-4,9,11H,2,5-8,10H2,1H3;1-2,7H,3-6,8H2;;;. The lowest BCUT2D eigenvalue weighted by molar-refractivity contribution is -0.193. The number of rotatable bonds is 4. The van der Waals surface area contributed by atoms with E-state index >= 15 is 0 Å². The number of hydrogen-bond donors (Lipinski definition) is 0. The second-order valence-corrected chi connectivity index (χ2v) is 25.2. The van der Waals surface area contributed by atoms with Crippen LogP contribution in [0.3, 0.4) is 0 Å². The Balaban J connectivity index is 0.000000187. The summed E-state index contributed by atoms with van der Waals surface area (Å²) in [6, 6.07) is 15.7. The summed E-state index contributed by atoms with van der Waals surface area (Å²) in [5.74, 6) is 4.09. The predicted molar refractivity (Wildman–Crippen MR) is 308 cm³/mol. The second kappa shape index (κ2) is 30.7. The van der Waals surface area contributed by atoms with Crippen LogP contribution in [0.5, 0.6) is 23.0 Å². The topological polar surface area (TPSA) is 156 Å². The maximum Gasteiger partial charge on any atom is 0.416 e. The van der Waals surface area contributed by atoms with Crippen LogP contribution in [0, 0.1) is 17.8 Å². The number of ketones is 1. The van der Waals surface area contributed by atoms with Crippen molar-refractivity contribution in [3.05, 3.63) is 128 Å². The molecule has 0 N–H and O–H groups in total. The van der Waals surface area contributed by atoms with E-state index in [1.165, 1.54) is 54.3 Å². The minimum atomic E-state index is -4.35. The summed E-state index contributed by atoms with van der Waals surface area (Å²) >= 11 is 0. The molecule has 92 heavy (non-hydrogen) atoms. The van der Waals surface area contributed by atoms with E-state index in [1.54, 1.807) is 18.2 Å². The van der Waals surface area contributed by atoms with Crippen LogP contribution in [0.2, 0.25) is 0 Å². The summed E-state index contributed by atoms with van der Waals surface area (Å²) in [5, 5.41) is 0. The summed E-state index contributed by atoms with van der Waals surface area (Å²) in [6.45, 7) is 13.1. The Morgan fingerprint density at radius 3 is 0.989 bits per heavy atom. The fraction of sp³-hybridized carbons (Fsp3) is 0.565. The number of alkyl halides is 12. The van der Waals surface area contributed by atoms with Crippen LogP contribution in [-0.4, -0.2) is 50.7 Å². The maximum absolute atomic E-state index is 12.8. The summed E-state index contributed by atoms with van der Waals surface area (Å²) in [4.78, 5) is 60.1. The molecule has 4 saturated carbocycles. The Bertz CT molecular complexity index is 3260. The van der Waals surface area contributed by atoms with E-state index in [0.29, 0.717) is 75.1 Å². The highest BCUT2D eigenvalue weighted by Gasteiger charge is 2.49. The molecule has 0 amide bonds. The molecule has 23 heteroatoms. The quantitative estimate of drug-likeness (QED) is 0.142. The predicted octanol–water partition coefficient (Wildman–Crippen LogP) is 17.9. The van der Waals surface area contributed by atoms with Crippen LogP contribution < -0.4 is 18.9 Å². The minimum Gasteiger partial charge on any atom is -0.492 e. The Labute approximate surface area is 526 Å². The lowest BCUT2D eigenvalue weighted by Gasteiger charge is -2.38. The van der Waals surface area contributed by atoms with Crippen LogP contribution >= 0.6 is 0 Å². The van der Waals surface area contributed by atoms with Gasteiger partial charge in [-0.25, -0.2) is 0 Å². The van der Waals surface area contributed by atoms with Crippen molar-refractivity contribution >= 4 is 24.2 Å². The molecule has 0 bridgehead atoms. The molecule has 4 aromatic carbocycles. The molecule has 4 aliphatic carbocycles. The normalized spacial score (nSPS) is 23.8. The molecule has 4 aliphatic heterocycles. The molecule has 0 aromatic heterocycles. The number of hydrogen-bond acceptors (Lipinski definition) is 11. The molecule has 4 heterocycles. The molecule has 502 valence electrons. The first-order valence-electron chi connectivity index (χ1n) is 30.9. The van der Waals surface area contributed by atoms with Crippen molar-refractivity contribution in [2.75, 3.05) is 26.4 Å². The van der Waals surface area contributed by atoms with E-state index in [0.717, 1.165) is 148 Å². The first-order valence-corrected chi connectivity index (χ1v) is 30.9. The molecule has 11 nitrogen and oxygen atoms in total. The molecule has 1 atom stereocenters. The summed E-state index contributed by atoms with van der Waals surface area (Å²) in [5.41, 5.74) is 3.78. The van der Waals surface area contributed by atoms with E-state index < -0.39 is 47.0 Å². The van der Waals surface area contributed by atoms with E-state index in [9.17, 15) is 57.5 Å². The molecule has 4 aromatic rings. The third kappa shape index (κ3) is 17.3. The lowest BCUT2D eigenvalue weighted by atomic mass is 9.65. The number of carbonyl (C=O) groups is 1. The van der Waals surface area contributed by atoms with Gasteiger partial charge in [-0.2, -0.15) is 81.5 Å². The van der Waals surface area contributed by atoms with Crippen molar-refractivity contribution < 1.29 is 105 Å². The van der Waals surface area contributed by atoms with Crippen LogP contribution in [0.4, 0.5) is 52.7 Å². The van der Waals surface area contributed by atoms with Crippen molar-refractivity contribution in [1.29, 1.82) is 0 Å². The van der Waals surface area contributed by atoms with Gasteiger partial charge in [0.1, 0.15) is 28.8 Å². The average molecular weight is 1310 g/mol. The van der Waals surface area contributed by atoms with Crippen LogP contribution in [0.25, 0.3) is 0 Å². The molecule has 0 radical (unpaired) electrons. The fourth-order valence-corrected chi connectivity index (χ4v) is 14.3. The number of fused-ring (bicyclic) bond motifs is 8. The van der Waals surface area contributed by atoms with Gasteiger partial charge in [-0.15, -0.1) is 0 Å². The molecule has 0 saturated heterocycles. The SMILES string of the molecule is CCC(C)=C1CCC2(CC1)COc1cc(C(F)(F)F)ccc12.CCC(C)C1CCC2(CC1)COc1cc(C(F)(F)F)ccc12.CCC1CCC2(CC1)COc1cc(C(F)(F)F)ccc12.O=C1CCC2(CC1)COc1cc(C(F)(F)F)ccc12.O=C=O.O=C=O.O=C=O. The Kier molecular flexibility index (Phi) is 24.6. The molecule has 12 rings (SSSR count). The zero-order valence-corrected chi connectivity index (χ0v) is 52.0. The van der Waals surface area contributed by atoms with Gasteiger partial charge in [0.15, 0.2) is 0 Å². The molecule has 8 aliphatic rings. The summed E-state index contributed by atoms with van der Waals surface area (Å²) in [6.07, 6.45) is 2.00. The Hall–Kier alpha value is -7.21. The molecule has 4 spiro atoms. The third-order valence-electron chi connectivity index (χ3n) is 20.3. The molecule has 4 fully saturated rings. The van der Waals surface area contributed by atoms with Gasteiger partial charge in [0, 0.05) is 56.8 Å². The highest BCUT2D eigenvalue weighted by molar-refractivity contribution is 5.80. The lowest BCUT2D eigenvalue weighted by Crippen LogP contribution is -2.34. The van der Waals surface area contributed by atoms with Gasteiger partial charge in [-0.05, 0) is 170 Å². The number of ether oxygens (including phenoxy) is 4. The number of halogens is 12. The number of carbonyl (C=O) groups excluding carboxylic acids is 7. The number of Topliss-reactive ketones (excluding diaryl/α,β-unsaturated/α-hetero) is 1. The summed E-state index contributed by atoms with van der Waals surface area (Å²) < 4.78 is 175. The van der Waals surface area contributed by atoms with Gasteiger partial charge < -0.3 is 18.9 Å². The summed E-state index contributed by atoms with van der Waals surface area (Å²) in [7, 11) is 0. The van der Waals surface area contributed by atoms with Gasteiger partial charge >= 0.3 is 43.2 Å². The van der Waals surface area contributed by atoms with E-state index in [-0.39, 0.29) is 45.9 Å². The smallest absolute Gasteiger partial charge is 0.416 e. The molecular formula is C69H76F12O11. The fourth-order valence-electron chi connectivity index (χ4n) is 14.3. The maximum atomic E-state index is 12.8. The highest BCUT2D eigenvalue weighted by Crippen LogP contribution is 2.55. The first-order chi connectivity index (χ1) is 43.3. The number of benzene rings is 4. The van der Waals surface area contributed by atoms with Crippen molar-refractivity contribution in [2.24, 2.45) is 17.8 Å². The highest BCUT2D eigenvalue weighted by atomic mass is 19.4.